The highest BCUT2D eigenvalue weighted by atomic mass is 17.2. The fourth-order valence-corrected chi connectivity index (χ4v) is 5.13. The van der Waals surface area contributed by atoms with Crippen LogP contribution >= 0.6 is 0 Å². The van der Waals surface area contributed by atoms with Gasteiger partial charge in [-0.3, -0.25) is 4.79 Å². The van der Waals surface area contributed by atoms with Crippen molar-refractivity contribution in [2.75, 3.05) is 35.4 Å². The van der Waals surface area contributed by atoms with Gasteiger partial charge in [0, 0.05) is 33.3 Å². The summed E-state index contributed by atoms with van der Waals surface area (Å²) in [5, 5.41) is 29.0. The summed E-state index contributed by atoms with van der Waals surface area (Å²) in [5.74, 6) is -0.747. The zero-order valence-corrected chi connectivity index (χ0v) is 42.9. The lowest BCUT2D eigenvalue weighted by atomic mass is 9.84. The van der Waals surface area contributed by atoms with Crippen molar-refractivity contribution in [1.29, 1.82) is 0 Å². The van der Waals surface area contributed by atoms with Crippen LogP contribution in [0, 0.1) is 17.8 Å². The fraction of sp³-hybridized carbons (Fsp3) is 0.957. The van der Waals surface area contributed by atoms with E-state index in [-0.39, 0.29) is 36.1 Å². The Labute approximate surface area is 356 Å². The van der Waals surface area contributed by atoms with Crippen LogP contribution in [0.3, 0.4) is 0 Å². The Hall–Kier alpha value is -1.18. The highest BCUT2D eigenvalue weighted by molar-refractivity contribution is 5.68. The Balaban J connectivity index is -0.000000102. The van der Waals surface area contributed by atoms with Crippen LogP contribution in [0.2, 0.25) is 0 Å². The number of methoxy groups -OCH3 is 3. The van der Waals surface area contributed by atoms with Crippen molar-refractivity contribution >= 4 is 12.3 Å². The average molecular weight is 832 g/mol. The van der Waals surface area contributed by atoms with Gasteiger partial charge in [-0.2, -0.15) is 0 Å². The van der Waals surface area contributed by atoms with E-state index in [9.17, 15) is 19.8 Å². The number of aliphatic carboxylic acids is 1. The Bertz CT molecular complexity index is 772. The average Bonchev–Trinajstić information content (AvgIpc) is 3.17. The summed E-state index contributed by atoms with van der Waals surface area (Å²) in [7, 11) is 9.08. The molecule has 0 aliphatic carbocycles. The number of ether oxygens (including phenoxy) is 3. The minimum atomic E-state index is -0.956. The Kier molecular flexibility index (Phi) is 63.3. The topological polar surface area (TPSA) is 144 Å². The second-order valence-electron chi connectivity index (χ2n) is 14.6. The molecule has 354 valence electrons. The number of carboxylic acid groups (broad SMARTS) is 1. The maximum absolute atomic E-state index is 10.8. The van der Waals surface area contributed by atoms with E-state index in [4.69, 9.17) is 29.1 Å². The third-order valence-corrected chi connectivity index (χ3v) is 8.42. The monoisotopic (exact) mass is 832 g/mol. The maximum atomic E-state index is 10.8. The van der Waals surface area contributed by atoms with Crippen LogP contribution in [0.15, 0.2) is 0 Å². The van der Waals surface area contributed by atoms with Crippen molar-refractivity contribution in [3.05, 3.63) is 0 Å². The number of carbonyl (C=O) groups is 2. The summed E-state index contributed by atoms with van der Waals surface area (Å²) in [6.07, 6.45) is 5.94. The van der Waals surface area contributed by atoms with Crippen LogP contribution < -0.4 is 0 Å². The molecule has 0 saturated heterocycles. The van der Waals surface area contributed by atoms with Crippen LogP contribution in [0.25, 0.3) is 0 Å². The third-order valence-electron chi connectivity index (χ3n) is 8.42. The Morgan fingerprint density at radius 1 is 0.702 bits per heavy atom. The Morgan fingerprint density at radius 3 is 1.37 bits per heavy atom. The van der Waals surface area contributed by atoms with Gasteiger partial charge in [0.05, 0.1) is 35.9 Å². The van der Waals surface area contributed by atoms with Crippen molar-refractivity contribution in [2.45, 2.75) is 238 Å². The molecule has 0 aromatic heterocycles. The molecular weight excluding hydrogens is 727 g/mol. The van der Waals surface area contributed by atoms with Gasteiger partial charge in [0.2, 0.25) is 0 Å². The van der Waals surface area contributed by atoms with E-state index in [2.05, 4.69) is 25.9 Å². The predicted molar refractivity (Wildman–Crippen MR) is 245 cm³/mol. The molecule has 3 N–H and O–H groups in total. The second kappa shape index (κ2) is 49.2. The van der Waals surface area contributed by atoms with Gasteiger partial charge in [0.25, 0.3) is 0 Å². The molecule has 0 bridgehead atoms. The van der Waals surface area contributed by atoms with E-state index in [1.807, 2.05) is 111 Å². The summed E-state index contributed by atoms with van der Waals surface area (Å²) >= 11 is 0. The second-order valence-corrected chi connectivity index (χ2v) is 14.6. The first kappa shape index (κ1) is 73.4. The first-order chi connectivity index (χ1) is 26.5. The van der Waals surface area contributed by atoms with Crippen molar-refractivity contribution in [3.8, 4) is 0 Å². The Morgan fingerprint density at radius 2 is 1.12 bits per heavy atom. The molecule has 0 rings (SSSR count). The highest BCUT2D eigenvalue weighted by Gasteiger charge is 2.41. The zero-order chi connectivity index (χ0) is 47.5. The van der Waals surface area contributed by atoms with E-state index < -0.39 is 23.3 Å². The van der Waals surface area contributed by atoms with Crippen molar-refractivity contribution in [1.82, 2.24) is 4.90 Å². The molecule has 0 aromatic carbocycles. The van der Waals surface area contributed by atoms with Gasteiger partial charge >= 0.3 is 5.97 Å². The van der Waals surface area contributed by atoms with Gasteiger partial charge in [-0.05, 0) is 93.2 Å². The number of carbonyl (C=O) groups excluding carboxylic acids is 1. The quantitative estimate of drug-likeness (QED) is 0.0545. The molecule has 0 heterocycles. The molecule has 8 atom stereocenters. The molecule has 0 aromatic rings. The molecule has 11 nitrogen and oxygen atoms in total. The number of nitrogens with zero attached hydrogens (tertiary/aromatic N) is 1. The lowest BCUT2D eigenvalue weighted by Gasteiger charge is -2.39. The number of carboxylic acids is 1. The van der Waals surface area contributed by atoms with Crippen LogP contribution in [0.4, 0.5) is 0 Å². The molecule has 0 amide bonds. The summed E-state index contributed by atoms with van der Waals surface area (Å²) in [5.41, 5.74) is -1.89. The number of aliphatic hydroxyl groups is 2. The number of rotatable bonds is 22. The molecule has 0 aliphatic heterocycles. The summed E-state index contributed by atoms with van der Waals surface area (Å²) < 4.78 is 15.3. The highest BCUT2D eigenvalue weighted by Crippen LogP contribution is 2.28. The van der Waals surface area contributed by atoms with E-state index in [1.165, 1.54) is 0 Å². The number of hydrogen-bond acceptors (Lipinski definition) is 10. The molecule has 4 unspecified atom stereocenters. The largest absolute Gasteiger partial charge is 0.481 e. The first-order valence-corrected chi connectivity index (χ1v) is 22.2. The van der Waals surface area contributed by atoms with E-state index in [0.29, 0.717) is 31.4 Å². The zero-order valence-electron chi connectivity index (χ0n) is 42.9. The van der Waals surface area contributed by atoms with Crippen molar-refractivity contribution in [3.63, 3.8) is 0 Å². The van der Waals surface area contributed by atoms with Gasteiger partial charge in [-0.1, -0.05) is 117 Å². The van der Waals surface area contributed by atoms with E-state index in [1.54, 1.807) is 49.0 Å². The van der Waals surface area contributed by atoms with Gasteiger partial charge < -0.3 is 39.2 Å². The van der Waals surface area contributed by atoms with E-state index >= 15 is 0 Å². The van der Waals surface area contributed by atoms with Crippen LogP contribution in [-0.2, 0) is 33.6 Å². The van der Waals surface area contributed by atoms with Crippen LogP contribution in [0.5, 0.6) is 0 Å². The molecular formula is C46H105NO10. The standard InChI is InChI=1S/C19H39NO4.C11H24O3.C4H8O2.C4H10O.4C2H6/c1-8-12-19(5,22)18(11-10-15(3)14-21)24-23-16(4)13-17(9-2)20(6)7;1-7-9(13-5)11(4,12)10(14-6)8(2)3;1-3(2)4(5)6;1-4(2)5-3;4*1-2/h14-18,22H,8-13H2,1-7H3;8-10,12H,7H2,1-6H3;3H,1-2H3,(H,5,6);4H,1-3H3;4*1-2H3/t15?,16?,17?,18-,19-;9-,10?,11-;;;;;;/m11....../s1. The normalized spacial score (nSPS) is 15.5. The molecule has 0 saturated carbocycles. The summed E-state index contributed by atoms with van der Waals surface area (Å²) in [6.45, 7) is 41.0. The van der Waals surface area contributed by atoms with Gasteiger partial charge in [0.1, 0.15) is 18.0 Å². The maximum Gasteiger partial charge on any atom is 0.305 e. The fourth-order valence-electron chi connectivity index (χ4n) is 5.13. The molecule has 0 fully saturated rings. The van der Waals surface area contributed by atoms with Crippen LogP contribution in [0.1, 0.15) is 190 Å². The molecule has 57 heavy (non-hydrogen) atoms. The minimum absolute atomic E-state index is 0.0378. The van der Waals surface area contributed by atoms with E-state index in [0.717, 1.165) is 32.0 Å². The number of aldehydes is 1. The van der Waals surface area contributed by atoms with Gasteiger partial charge in [0.15, 0.2) is 0 Å². The van der Waals surface area contributed by atoms with Gasteiger partial charge in [-0.25, -0.2) is 9.78 Å². The predicted octanol–water partition coefficient (Wildman–Crippen LogP) is 11.3. The molecule has 0 aliphatic rings. The van der Waals surface area contributed by atoms with Crippen molar-refractivity contribution < 1.29 is 48.9 Å². The molecule has 0 spiro atoms. The molecule has 11 heteroatoms. The lowest BCUT2D eigenvalue weighted by molar-refractivity contribution is -0.373. The summed E-state index contributed by atoms with van der Waals surface area (Å²) in [4.78, 5) is 34.0. The minimum Gasteiger partial charge on any atom is -0.481 e. The van der Waals surface area contributed by atoms with Crippen molar-refractivity contribution in [2.24, 2.45) is 17.8 Å². The van der Waals surface area contributed by atoms with Crippen LogP contribution in [-0.4, -0.2) is 116 Å². The SMILES string of the molecule is CC.CC.CC.CC.CC(C)C(=O)O.CCC[C@@](C)(O)[C@@H](CCC(C)C=O)OOC(C)CC(CC)N(C)C.CC[C@@H](OC)[C@@](C)(O)C(OC)C(C)C.COC(C)C. The summed E-state index contributed by atoms with van der Waals surface area (Å²) in [6, 6.07) is 0.438. The smallest absolute Gasteiger partial charge is 0.305 e. The lowest BCUT2D eigenvalue weighted by Crippen LogP contribution is -2.53. The third kappa shape index (κ3) is 44.2. The van der Waals surface area contributed by atoms with Gasteiger partial charge in [-0.15, -0.1) is 0 Å². The molecule has 0 radical (unpaired) electrons. The number of hydrogen-bond donors (Lipinski definition) is 3. The first-order valence-electron chi connectivity index (χ1n) is 22.2.